The summed E-state index contributed by atoms with van der Waals surface area (Å²) in [5, 5.41) is 9.78. The van der Waals surface area contributed by atoms with E-state index in [1.165, 1.54) is 7.11 Å². The molecule has 3 aliphatic heterocycles. The zero-order valence-electron chi connectivity index (χ0n) is 23.7. The highest BCUT2D eigenvalue weighted by Crippen LogP contribution is 2.60. The number of benzene rings is 1. The van der Waals surface area contributed by atoms with Gasteiger partial charge in [0.15, 0.2) is 5.60 Å². The van der Waals surface area contributed by atoms with Crippen LogP contribution in [0.1, 0.15) is 70.3 Å². The fourth-order valence-corrected chi connectivity index (χ4v) is 9.44. The molecule has 1 aromatic carbocycles. The maximum absolute atomic E-state index is 15.8. The number of anilines is 2. The fraction of sp³-hybridized carbons (Fsp3) is 0.690. The van der Waals surface area contributed by atoms with E-state index in [0.717, 1.165) is 31.4 Å². The molecule has 2 saturated heterocycles. The highest BCUT2D eigenvalue weighted by molar-refractivity contribution is 6.72. The summed E-state index contributed by atoms with van der Waals surface area (Å²) in [6.45, 7) is 6.02. The molecule has 0 aliphatic carbocycles. The Balaban J connectivity index is 1.75. The lowest BCUT2D eigenvalue weighted by atomic mass is 9.82. The van der Waals surface area contributed by atoms with Gasteiger partial charge >= 0.3 is 5.97 Å². The summed E-state index contributed by atoms with van der Waals surface area (Å²) in [4.78, 5) is 42.5. The minimum Gasteiger partial charge on any atom is -0.469 e. The smallest absolute Gasteiger partial charge is 0.305 e. The highest BCUT2D eigenvalue weighted by Gasteiger charge is 2.66. The molecule has 2 fully saturated rings. The van der Waals surface area contributed by atoms with Crippen molar-refractivity contribution in [1.82, 2.24) is 0 Å². The number of esters is 1. The van der Waals surface area contributed by atoms with Crippen molar-refractivity contribution < 1.29 is 33.1 Å². The van der Waals surface area contributed by atoms with Crippen molar-refractivity contribution in [3.63, 3.8) is 0 Å². The van der Waals surface area contributed by atoms with Crippen molar-refractivity contribution in [2.24, 2.45) is 5.92 Å². The van der Waals surface area contributed by atoms with Crippen LogP contribution in [0.25, 0.3) is 0 Å². The summed E-state index contributed by atoms with van der Waals surface area (Å²) < 4.78 is 27.1. The number of aliphatic hydroxyl groups is 1. The van der Waals surface area contributed by atoms with Crippen LogP contribution in [0.3, 0.4) is 0 Å². The Hall–Kier alpha value is -2.30. The van der Waals surface area contributed by atoms with Crippen molar-refractivity contribution in [3.8, 4) is 0 Å². The van der Waals surface area contributed by atoms with Crippen molar-refractivity contribution in [3.05, 3.63) is 23.8 Å². The lowest BCUT2D eigenvalue weighted by molar-refractivity contribution is -0.146. The Labute approximate surface area is 232 Å². The van der Waals surface area contributed by atoms with Crippen molar-refractivity contribution in [2.75, 3.05) is 36.6 Å². The lowest BCUT2D eigenvalue weighted by Crippen LogP contribution is -2.45. The Kier molecular flexibility index (Phi) is 9.18. The van der Waals surface area contributed by atoms with Crippen LogP contribution >= 0.6 is 0 Å². The average molecular weight is 563 g/mol. The summed E-state index contributed by atoms with van der Waals surface area (Å²) in [6, 6.07) is 5.68. The molecule has 3 aliphatic rings. The van der Waals surface area contributed by atoms with Gasteiger partial charge in [0.25, 0.3) is 5.91 Å². The quantitative estimate of drug-likeness (QED) is 0.200. The van der Waals surface area contributed by atoms with Crippen LogP contribution in [0.2, 0.25) is 18.6 Å². The maximum Gasteiger partial charge on any atom is 0.305 e. The fourth-order valence-electron chi connectivity index (χ4n) is 6.90. The molecule has 39 heavy (non-hydrogen) atoms. The number of amides is 2. The summed E-state index contributed by atoms with van der Waals surface area (Å²) in [5.41, 5.74) is 0.238. The first-order valence-electron chi connectivity index (χ1n) is 14.4. The number of halogens is 1. The first-order chi connectivity index (χ1) is 18.6. The molecule has 1 N–H and O–H groups in total. The third-order valence-electron chi connectivity index (χ3n) is 8.73. The number of hydrogen-bond acceptors (Lipinski definition) is 6. The van der Waals surface area contributed by atoms with E-state index in [2.05, 4.69) is 0 Å². The van der Waals surface area contributed by atoms with Gasteiger partial charge in [-0.15, -0.1) is 0 Å². The highest BCUT2D eigenvalue weighted by atomic mass is 28.4. The maximum atomic E-state index is 15.8. The minimum atomic E-state index is -3.29. The van der Waals surface area contributed by atoms with Crippen LogP contribution in [0.4, 0.5) is 15.5 Å². The number of hydrogen-bond donors (Lipinski definition) is 1. The van der Waals surface area contributed by atoms with Gasteiger partial charge in [0.05, 0.1) is 18.9 Å². The summed E-state index contributed by atoms with van der Waals surface area (Å²) >= 11 is 0. The Morgan fingerprint density at radius 1 is 1.21 bits per heavy atom. The predicted molar refractivity (Wildman–Crippen MR) is 150 cm³/mol. The van der Waals surface area contributed by atoms with E-state index in [-0.39, 0.29) is 37.2 Å². The van der Waals surface area contributed by atoms with Crippen molar-refractivity contribution in [1.29, 1.82) is 0 Å². The molecule has 10 heteroatoms. The van der Waals surface area contributed by atoms with E-state index >= 15 is 4.11 Å². The van der Waals surface area contributed by atoms with Crippen molar-refractivity contribution >= 4 is 37.6 Å². The van der Waals surface area contributed by atoms with E-state index in [9.17, 15) is 19.5 Å². The van der Waals surface area contributed by atoms with Gasteiger partial charge in [0, 0.05) is 55.2 Å². The normalized spacial score (nSPS) is 27.6. The second-order valence-corrected chi connectivity index (χ2v) is 15.5. The molecular formula is C29H43FN2O6Si. The molecule has 3 heterocycles. The van der Waals surface area contributed by atoms with Gasteiger partial charge in [0.1, 0.15) is 0 Å². The number of ether oxygens (including phenoxy) is 2. The summed E-state index contributed by atoms with van der Waals surface area (Å²) in [6.07, 6.45) is 5.47. The van der Waals surface area contributed by atoms with Crippen LogP contribution in [-0.2, 0) is 29.5 Å². The number of carbonyl (C=O) groups is 3. The Morgan fingerprint density at radius 3 is 2.64 bits per heavy atom. The van der Waals surface area contributed by atoms with Crippen LogP contribution in [0.15, 0.2) is 18.2 Å². The minimum absolute atomic E-state index is 0.0708. The van der Waals surface area contributed by atoms with E-state index in [0.29, 0.717) is 43.6 Å². The van der Waals surface area contributed by atoms with Gasteiger partial charge < -0.3 is 28.5 Å². The van der Waals surface area contributed by atoms with Gasteiger partial charge in [0.2, 0.25) is 14.3 Å². The number of rotatable bonds is 9. The zero-order chi connectivity index (χ0) is 28.4. The van der Waals surface area contributed by atoms with E-state index in [1.807, 2.05) is 30.0 Å². The number of aliphatic hydroxyl groups excluding tert-OH is 1. The molecule has 0 unspecified atom stereocenters. The van der Waals surface area contributed by atoms with E-state index in [4.69, 9.17) is 9.47 Å². The monoisotopic (exact) mass is 562 g/mol. The van der Waals surface area contributed by atoms with Crippen molar-refractivity contribution in [2.45, 2.75) is 95.1 Å². The van der Waals surface area contributed by atoms with Gasteiger partial charge in [-0.2, -0.15) is 0 Å². The van der Waals surface area contributed by atoms with Gasteiger partial charge in [-0.25, -0.2) is 0 Å². The Bertz CT molecular complexity index is 1080. The standard InChI is InChI=1S/C29H43FN2O6Si/c1-20-27(39(3,4)30)24(15-18-33)38-29(20)22-19-21(31-16-9-6-5-7-11-25(31)34)13-14-23(22)32(28(29)36)17-10-8-12-26(35)37-2/h13-14,19-20,24,27,33H,5-12,15-18H2,1-4H3/t20-,24+,27-,29+/m1/s1. The molecule has 8 nitrogen and oxygen atoms in total. The Morgan fingerprint density at radius 2 is 1.95 bits per heavy atom. The molecule has 216 valence electrons. The molecular weight excluding hydrogens is 519 g/mol. The molecule has 4 atom stereocenters. The predicted octanol–water partition coefficient (Wildman–Crippen LogP) is 4.83. The molecule has 2 amide bonds. The molecule has 0 bridgehead atoms. The molecule has 0 aromatic heterocycles. The summed E-state index contributed by atoms with van der Waals surface area (Å²) in [7, 11) is -1.94. The van der Waals surface area contributed by atoms with Gasteiger partial charge in [-0.3, -0.25) is 14.4 Å². The van der Waals surface area contributed by atoms with Crippen LogP contribution in [-0.4, -0.2) is 64.2 Å². The third-order valence-corrected chi connectivity index (χ3v) is 11.2. The molecule has 1 aromatic rings. The van der Waals surface area contributed by atoms with Crippen LogP contribution in [0, 0.1) is 5.92 Å². The third kappa shape index (κ3) is 5.65. The van der Waals surface area contributed by atoms with Crippen LogP contribution < -0.4 is 9.80 Å². The van der Waals surface area contributed by atoms with E-state index in [1.54, 1.807) is 18.0 Å². The van der Waals surface area contributed by atoms with Crippen LogP contribution in [0.5, 0.6) is 0 Å². The van der Waals surface area contributed by atoms with Gasteiger partial charge in [-0.05, 0) is 63.4 Å². The lowest BCUT2D eigenvalue weighted by Gasteiger charge is -2.32. The second kappa shape index (κ2) is 12.1. The largest absolute Gasteiger partial charge is 0.469 e. The average Bonchev–Trinajstić information content (AvgIpc) is 3.30. The second-order valence-electron chi connectivity index (χ2n) is 11.7. The van der Waals surface area contributed by atoms with Gasteiger partial charge in [-0.1, -0.05) is 19.8 Å². The number of unbranched alkanes of at least 4 members (excludes halogenated alkanes) is 1. The number of fused-ring (bicyclic) bond motifs is 2. The SMILES string of the molecule is COC(=O)CCCCN1C(=O)[C@@]2(O[C@@H](CCO)[C@H]([Si](C)(C)F)[C@H]2C)c2cc(N3CCCCCCC3=O)ccc21. The molecule has 1 spiro atoms. The first kappa shape index (κ1) is 29.7. The van der Waals surface area contributed by atoms with E-state index < -0.39 is 31.6 Å². The first-order valence-corrected chi connectivity index (χ1v) is 17.3. The number of methoxy groups -OCH3 is 1. The topological polar surface area (TPSA) is 96.4 Å². The number of nitrogens with zero attached hydrogens (tertiary/aromatic N) is 2. The summed E-state index contributed by atoms with van der Waals surface area (Å²) in [5.74, 6) is -0.908. The zero-order valence-corrected chi connectivity index (χ0v) is 24.7. The molecule has 0 radical (unpaired) electrons. The molecule has 0 saturated carbocycles. The molecule has 4 rings (SSSR count). The number of carbonyl (C=O) groups excluding carboxylic acids is 3.